The molecule has 2 rings (SSSR count). The third-order valence-electron chi connectivity index (χ3n) is 3.10. The lowest BCUT2D eigenvalue weighted by atomic mass is 9.94. The molecule has 1 heterocycles. The van der Waals surface area contributed by atoms with Gasteiger partial charge in [0.2, 0.25) is 0 Å². The zero-order chi connectivity index (χ0) is 14.0. The van der Waals surface area contributed by atoms with Gasteiger partial charge in [-0.05, 0) is 44.4 Å². The molecule has 0 saturated heterocycles. The maximum Gasteiger partial charge on any atom is 0.313 e. The number of aryl methyl sites for hydroxylation is 1. The van der Waals surface area contributed by atoms with Crippen LogP contribution in [0, 0.1) is 12.7 Å². The normalized spacial score (nSPS) is 12.4. The number of nitrogens with zero attached hydrogens (tertiary/aromatic N) is 1. The standard InChI is InChI=1S/C15H16FNO2/c1-4-19-15(18)10(3)14-12-7-9(2)17-8-11(12)5-6-13(14)16/h5-8,10H,4H2,1-3H3. The largest absolute Gasteiger partial charge is 0.466 e. The molecule has 1 atom stereocenters. The highest BCUT2D eigenvalue weighted by Gasteiger charge is 2.22. The summed E-state index contributed by atoms with van der Waals surface area (Å²) in [6.07, 6.45) is 1.69. The van der Waals surface area contributed by atoms with E-state index in [-0.39, 0.29) is 6.61 Å². The fraction of sp³-hybridized carbons (Fsp3) is 0.333. The topological polar surface area (TPSA) is 39.2 Å². The number of carbonyl (C=O) groups is 1. The smallest absolute Gasteiger partial charge is 0.313 e. The first-order valence-electron chi connectivity index (χ1n) is 6.26. The van der Waals surface area contributed by atoms with Gasteiger partial charge in [-0.2, -0.15) is 0 Å². The fourth-order valence-corrected chi connectivity index (χ4v) is 2.14. The minimum Gasteiger partial charge on any atom is -0.466 e. The molecule has 1 unspecified atom stereocenters. The van der Waals surface area contributed by atoms with Gasteiger partial charge in [0.05, 0.1) is 12.5 Å². The fourth-order valence-electron chi connectivity index (χ4n) is 2.14. The van der Waals surface area contributed by atoms with Crippen LogP contribution in [0.5, 0.6) is 0 Å². The highest BCUT2D eigenvalue weighted by molar-refractivity contribution is 5.91. The second-order valence-electron chi connectivity index (χ2n) is 4.48. The van der Waals surface area contributed by atoms with E-state index in [4.69, 9.17) is 4.74 Å². The lowest BCUT2D eigenvalue weighted by Gasteiger charge is -2.14. The highest BCUT2D eigenvalue weighted by Crippen LogP contribution is 2.29. The second kappa shape index (κ2) is 5.34. The minimum atomic E-state index is -0.634. The molecule has 0 fully saturated rings. The Morgan fingerprint density at radius 1 is 1.47 bits per heavy atom. The van der Waals surface area contributed by atoms with Gasteiger partial charge in [-0.15, -0.1) is 0 Å². The molecule has 0 aliphatic rings. The number of ether oxygens (including phenoxy) is 1. The summed E-state index contributed by atoms with van der Waals surface area (Å²) in [7, 11) is 0. The number of carbonyl (C=O) groups excluding carboxylic acids is 1. The van der Waals surface area contributed by atoms with Gasteiger partial charge < -0.3 is 4.74 Å². The van der Waals surface area contributed by atoms with Crippen molar-refractivity contribution >= 4 is 16.7 Å². The third kappa shape index (κ3) is 2.57. The Morgan fingerprint density at radius 2 is 2.21 bits per heavy atom. The van der Waals surface area contributed by atoms with Crippen LogP contribution in [0.15, 0.2) is 24.4 Å². The van der Waals surface area contributed by atoms with Crippen LogP contribution in [0.1, 0.15) is 31.0 Å². The van der Waals surface area contributed by atoms with E-state index in [0.717, 1.165) is 11.1 Å². The van der Waals surface area contributed by atoms with E-state index in [1.54, 1.807) is 32.2 Å². The number of esters is 1. The lowest BCUT2D eigenvalue weighted by Crippen LogP contribution is -2.14. The molecule has 1 aromatic heterocycles. The summed E-state index contributed by atoms with van der Waals surface area (Å²) in [5.74, 6) is -1.44. The van der Waals surface area contributed by atoms with Crippen LogP contribution in [0.25, 0.3) is 10.8 Å². The van der Waals surface area contributed by atoms with Crippen LogP contribution in [-0.2, 0) is 9.53 Å². The van der Waals surface area contributed by atoms with E-state index in [0.29, 0.717) is 10.9 Å². The molecule has 0 spiro atoms. The summed E-state index contributed by atoms with van der Waals surface area (Å²) in [5, 5.41) is 1.53. The molecule has 0 bridgehead atoms. The third-order valence-corrected chi connectivity index (χ3v) is 3.10. The van der Waals surface area contributed by atoms with Crippen LogP contribution < -0.4 is 0 Å². The summed E-state index contributed by atoms with van der Waals surface area (Å²) in [5.41, 5.74) is 1.16. The van der Waals surface area contributed by atoms with Gasteiger partial charge in [-0.1, -0.05) is 0 Å². The van der Waals surface area contributed by atoms with Crippen LogP contribution in [0.4, 0.5) is 4.39 Å². The van der Waals surface area contributed by atoms with Gasteiger partial charge in [0, 0.05) is 22.8 Å². The van der Waals surface area contributed by atoms with E-state index < -0.39 is 17.7 Å². The lowest BCUT2D eigenvalue weighted by molar-refractivity contribution is -0.144. The van der Waals surface area contributed by atoms with Crippen molar-refractivity contribution in [3.8, 4) is 0 Å². The van der Waals surface area contributed by atoms with Crippen molar-refractivity contribution in [2.24, 2.45) is 0 Å². The van der Waals surface area contributed by atoms with Crippen molar-refractivity contribution in [1.82, 2.24) is 4.98 Å². The molecular formula is C15H16FNO2. The summed E-state index contributed by atoms with van der Waals surface area (Å²) in [6.45, 7) is 5.52. The maximum atomic E-state index is 14.1. The van der Waals surface area contributed by atoms with Gasteiger partial charge in [0.1, 0.15) is 5.82 Å². The molecule has 0 N–H and O–H groups in total. The molecule has 0 aliphatic heterocycles. The molecule has 0 radical (unpaired) electrons. The van der Waals surface area contributed by atoms with Crippen LogP contribution in [0.3, 0.4) is 0 Å². The number of rotatable bonds is 3. The minimum absolute atomic E-state index is 0.288. The average Bonchev–Trinajstić information content (AvgIpc) is 2.38. The van der Waals surface area contributed by atoms with Crippen molar-refractivity contribution in [1.29, 1.82) is 0 Å². The molecule has 3 nitrogen and oxygen atoms in total. The number of fused-ring (bicyclic) bond motifs is 1. The predicted molar refractivity (Wildman–Crippen MR) is 71.5 cm³/mol. The first-order chi connectivity index (χ1) is 9.04. The van der Waals surface area contributed by atoms with Crippen molar-refractivity contribution in [2.75, 3.05) is 6.61 Å². The SMILES string of the molecule is CCOC(=O)C(C)c1c(F)ccc2cnc(C)cc12. The Balaban J connectivity index is 2.60. The summed E-state index contributed by atoms with van der Waals surface area (Å²) in [4.78, 5) is 16.0. The molecule has 19 heavy (non-hydrogen) atoms. The quantitative estimate of drug-likeness (QED) is 0.795. The summed E-state index contributed by atoms with van der Waals surface area (Å²) >= 11 is 0. The van der Waals surface area contributed by atoms with E-state index >= 15 is 0 Å². The highest BCUT2D eigenvalue weighted by atomic mass is 19.1. The monoisotopic (exact) mass is 261 g/mol. The van der Waals surface area contributed by atoms with Crippen molar-refractivity contribution < 1.29 is 13.9 Å². The summed E-state index contributed by atoms with van der Waals surface area (Å²) in [6, 6.07) is 4.83. The zero-order valence-electron chi connectivity index (χ0n) is 11.2. The van der Waals surface area contributed by atoms with Gasteiger partial charge in [0.25, 0.3) is 0 Å². The first-order valence-corrected chi connectivity index (χ1v) is 6.26. The first kappa shape index (κ1) is 13.5. The number of hydrogen-bond acceptors (Lipinski definition) is 3. The van der Waals surface area contributed by atoms with Gasteiger partial charge in [0.15, 0.2) is 0 Å². The van der Waals surface area contributed by atoms with Crippen LogP contribution >= 0.6 is 0 Å². The van der Waals surface area contributed by atoms with Crippen molar-refractivity contribution in [3.05, 3.63) is 41.5 Å². The average molecular weight is 261 g/mol. The van der Waals surface area contributed by atoms with Crippen LogP contribution in [0.2, 0.25) is 0 Å². The number of aromatic nitrogens is 1. The van der Waals surface area contributed by atoms with Gasteiger partial charge >= 0.3 is 5.97 Å². The zero-order valence-corrected chi connectivity index (χ0v) is 11.2. The number of hydrogen-bond donors (Lipinski definition) is 0. The number of pyridine rings is 1. The van der Waals surface area contributed by atoms with Gasteiger partial charge in [-0.25, -0.2) is 4.39 Å². The van der Waals surface area contributed by atoms with E-state index in [1.807, 2.05) is 6.92 Å². The molecule has 0 saturated carbocycles. The molecule has 4 heteroatoms. The Morgan fingerprint density at radius 3 is 2.89 bits per heavy atom. The summed E-state index contributed by atoms with van der Waals surface area (Å²) < 4.78 is 19.0. The predicted octanol–water partition coefficient (Wildman–Crippen LogP) is 3.35. The number of halogens is 1. The Labute approximate surface area is 111 Å². The van der Waals surface area contributed by atoms with E-state index in [9.17, 15) is 9.18 Å². The van der Waals surface area contributed by atoms with E-state index in [2.05, 4.69) is 4.98 Å². The Kier molecular flexibility index (Phi) is 3.79. The molecule has 1 aromatic carbocycles. The maximum absolute atomic E-state index is 14.1. The Hall–Kier alpha value is -1.97. The molecule has 0 aliphatic carbocycles. The van der Waals surface area contributed by atoms with Gasteiger partial charge in [-0.3, -0.25) is 9.78 Å². The molecule has 100 valence electrons. The molecular weight excluding hydrogens is 245 g/mol. The van der Waals surface area contributed by atoms with Crippen molar-refractivity contribution in [2.45, 2.75) is 26.7 Å². The van der Waals surface area contributed by atoms with Crippen molar-refractivity contribution in [3.63, 3.8) is 0 Å². The van der Waals surface area contributed by atoms with Crippen LogP contribution in [-0.4, -0.2) is 17.6 Å². The number of benzene rings is 1. The Bertz CT molecular complexity index is 620. The molecule has 0 amide bonds. The van der Waals surface area contributed by atoms with E-state index in [1.165, 1.54) is 6.07 Å². The second-order valence-corrected chi connectivity index (χ2v) is 4.48. The molecule has 2 aromatic rings.